The van der Waals surface area contributed by atoms with Crippen LogP contribution >= 0.6 is 15.9 Å². The fourth-order valence-corrected chi connectivity index (χ4v) is 1.85. The number of hydrogen-bond donors (Lipinski definition) is 0. The molecular formula is C10H10BrN3O2. The van der Waals surface area contributed by atoms with Crippen LogP contribution in [0.25, 0.3) is 10.9 Å². The van der Waals surface area contributed by atoms with Gasteiger partial charge in [-0.1, -0.05) is 0 Å². The number of carbonyl (C=O) groups excluding carboxylic acids is 1. The Hall–Kier alpha value is -1.43. The van der Waals surface area contributed by atoms with Crippen molar-refractivity contribution in [1.82, 2.24) is 14.8 Å². The Bertz CT molecular complexity index is 524. The summed E-state index contributed by atoms with van der Waals surface area (Å²) in [7, 11) is 0. The van der Waals surface area contributed by atoms with Crippen LogP contribution in [0.5, 0.6) is 0 Å². The molecule has 0 bridgehead atoms. The third-order valence-electron chi connectivity index (χ3n) is 2.11. The quantitative estimate of drug-likeness (QED) is 0.636. The van der Waals surface area contributed by atoms with Gasteiger partial charge in [0.05, 0.1) is 23.7 Å². The van der Waals surface area contributed by atoms with Crippen molar-refractivity contribution >= 4 is 32.8 Å². The van der Waals surface area contributed by atoms with Gasteiger partial charge < -0.3 is 4.74 Å². The second kappa shape index (κ2) is 4.61. The van der Waals surface area contributed by atoms with Gasteiger partial charge in [0.15, 0.2) is 0 Å². The molecule has 0 aliphatic heterocycles. The second-order valence-corrected chi connectivity index (χ2v) is 3.89. The standard InChI is InChI=1S/C10H10BrN3O2/c1-2-16-9(15)6-14-8-3-4-12-10(11)7(8)5-13-14/h3-5H,2,6H2,1H3. The molecule has 2 aromatic heterocycles. The Morgan fingerprint density at radius 3 is 3.19 bits per heavy atom. The molecule has 0 N–H and O–H groups in total. The number of ether oxygens (including phenoxy) is 1. The molecule has 0 amide bonds. The minimum atomic E-state index is -0.291. The van der Waals surface area contributed by atoms with Gasteiger partial charge in [0.1, 0.15) is 11.1 Å². The van der Waals surface area contributed by atoms with Gasteiger partial charge in [-0.3, -0.25) is 9.48 Å². The van der Waals surface area contributed by atoms with Gasteiger partial charge in [-0.2, -0.15) is 5.10 Å². The Kier molecular flexibility index (Phi) is 3.19. The van der Waals surface area contributed by atoms with Gasteiger partial charge in [0.2, 0.25) is 0 Å². The maximum atomic E-state index is 11.3. The van der Waals surface area contributed by atoms with E-state index in [1.807, 2.05) is 6.07 Å². The van der Waals surface area contributed by atoms with E-state index >= 15 is 0 Å². The highest BCUT2D eigenvalue weighted by Crippen LogP contribution is 2.20. The molecule has 0 saturated heterocycles. The van der Waals surface area contributed by atoms with Crippen molar-refractivity contribution in [2.24, 2.45) is 0 Å². The minimum Gasteiger partial charge on any atom is -0.465 e. The number of nitrogens with zero attached hydrogens (tertiary/aromatic N) is 3. The first-order valence-electron chi connectivity index (χ1n) is 4.84. The van der Waals surface area contributed by atoms with Crippen molar-refractivity contribution in [3.63, 3.8) is 0 Å². The number of hydrogen-bond acceptors (Lipinski definition) is 4. The summed E-state index contributed by atoms with van der Waals surface area (Å²) in [6.45, 7) is 2.27. The van der Waals surface area contributed by atoms with Crippen LogP contribution < -0.4 is 0 Å². The van der Waals surface area contributed by atoms with E-state index in [0.717, 1.165) is 15.5 Å². The van der Waals surface area contributed by atoms with E-state index < -0.39 is 0 Å². The van der Waals surface area contributed by atoms with Crippen molar-refractivity contribution in [3.05, 3.63) is 23.1 Å². The summed E-state index contributed by atoms with van der Waals surface area (Å²) in [5.74, 6) is -0.291. The summed E-state index contributed by atoms with van der Waals surface area (Å²) < 4.78 is 7.19. The van der Waals surface area contributed by atoms with Gasteiger partial charge in [0, 0.05) is 6.20 Å². The average molecular weight is 284 g/mol. The number of rotatable bonds is 3. The average Bonchev–Trinajstić information content (AvgIpc) is 2.64. The zero-order valence-electron chi connectivity index (χ0n) is 8.68. The van der Waals surface area contributed by atoms with Crippen LogP contribution in [-0.4, -0.2) is 27.3 Å². The largest absolute Gasteiger partial charge is 0.465 e. The van der Waals surface area contributed by atoms with Gasteiger partial charge in [0.25, 0.3) is 0 Å². The van der Waals surface area contributed by atoms with Crippen molar-refractivity contribution in [2.45, 2.75) is 13.5 Å². The lowest BCUT2D eigenvalue weighted by atomic mass is 10.3. The molecule has 16 heavy (non-hydrogen) atoms. The summed E-state index contributed by atoms with van der Waals surface area (Å²) in [6, 6.07) is 1.81. The number of carbonyl (C=O) groups is 1. The fourth-order valence-electron chi connectivity index (χ4n) is 1.43. The molecule has 0 aliphatic rings. The van der Waals surface area contributed by atoms with Crippen LogP contribution in [0.3, 0.4) is 0 Å². The lowest BCUT2D eigenvalue weighted by Gasteiger charge is -2.03. The van der Waals surface area contributed by atoms with E-state index in [1.54, 1.807) is 24.0 Å². The summed E-state index contributed by atoms with van der Waals surface area (Å²) in [5, 5.41) is 5.01. The monoisotopic (exact) mass is 283 g/mol. The SMILES string of the molecule is CCOC(=O)Cn1ncc2c(Br)nccc21. The first-order valence-corrected chi connectivity index (χ1v) is 5.63. The maximum Gasteiger partial charge on any atom is 0.327 e. The van der Waals surface area contributed by atoms with Crippen LogP contribution in [0.1, 0.15) is 6.92 Å². The molecule has 0 atom stereocenters. The third kappa shape index (κ3) is 2.06. The normalized spacial score (nSPS) is 10.6. The van der Waals surface area contributed by atoms with Crippen LogP contribution in [-0.2, 0) is 16.1 Å². The smallest absolute Gasteiger partial charge is 0.327 e. The van der Waals surface area contributed by atoms with Crippen LogP contribution in [0.4, 0.5) is 0 Å². The number of halogens is 1. The zero-order valence-corrected chi connectivity index (χ0v) is 10.3. The number of fused-ring (bicyclic) bond motifs is 1. The highest BCUT2D eigenvalue weighted by molar-refractivity contribution is 9.10. The Labute approximate surface area is 101 Å². The van der Waals surface area contributed by atoms with Gasteiger partial charge >= 0.3 is 5.97 Å². The minimum absolute atomic E-state index is 0.119. The molecule has 0 radical (unpaired) electrons. The van der Waals surface area contributed by atoms with Crippen LogP contribution in [0.15, 0.2) is 23.1 Å². The summed E-state index contributed by atoms with van der Waals surface area (Å²) in [6.07, 6.45) is 3.33. The molecule has 2 rings (SSSR count). The molecule has 0 aromatic carbocycles. The van der Waals surface area contributed by atoms with E-state index in [0.29, 0.717) is 6.61 Å². The molecule has 6 heteroatoms. The Morgan fingerprint density at radius 2 is 2.44 bits per heavy atom. The maximum absolute atomic E-state index is 11.3. The highest BCUT2D eigenvalue weighted by Gasteiger charge is 2.09. The van der Waals surface area contributed by atoms with Gasteiger partial charge in [-0.15, -0.1) is 0 Å². The third-order valence-corrected chi connectivity index (χ3v) is 2.74. The lowest BCUT2D eigenvalue weighted by Crippen LogP contribution is -2.14. The van der Waals surface area contributed by atoms with E-state index in [1.165, 1.54) is 0 Å². The fraction of sp³-hybridized carbons (Fsp3) is 0.300. The molecule has 0 saturated carbocycles. The van der Waals surface area contributed by atoms with Gasteiger partial charge in [-0.05, 0) is 28.9 Å². The second-order valence-electron chi connectivity index (χ2n) is 3.14. The summed E-state index contributed by atoms with van der Waals surface area (Å²) >= 11 is 3.33. The summed E-state index contributed by atoms with van der Waals surface area (Å²) in [4.78, 5) is 15.4. The molecule has 5 nitrogen and oxygen atoms in total. The summed E-state index contributed by atoms with van der Waals surface area (Å²) in [5.41, 5.74) is 0.856. The number of aromatic nitrogens is 3. The van der Waals surface area contributed by atoms with E-state index in [-0.39, 0.29) is 12.5 Å². The molecule has 0 spiro atoms. The van der Waals surface area contributed by atoms with Crippen LogP contribution in [0.2, 0.25) is 0 Å². The molecule has 2 heterocycles. The van der Waals surface area contributed by atoms with Crippen LogP contribution in [0, 0.1) is 0 Å². The zero-order chi connectivity index (χ0) is 11.5. The highest BCUT2D eigenvalue weighted by atomic mass is 79.9. The molecule has 0 unspecified atom stereocenters. The Morgan fingerprint density at radius 1 is 1.62 bits per heavy atom. The van der Waals surface area contributed by atoms with E-state index in [4.69, 9.17) is 4.74 Å². The van der Waals surface area contributed by atoms with Crippen molar-refractivity contribution in [2.75, 3.05) is 6.61 Å². The first kappa shape index (κ1) is 11.1. The van der Waals surface area contributed by atoms with E-state index in [9.17, 15) is 4.79 Å². The molecule has 0 fully saturated rings. The van der Waals surface area contributed by atoms with Crippen molar-refractivity contribution in [3.8, 4) is 0 Å². The predicted octanol–water partition coefficient (Wildman–Crippen LogP) is 1.76. The number of pyridine rings is 1. The predicted molar refractivity (Wildman–Crippen MR) is 61.9 cm³/mol. The molecular weight excluding hydrogens is 274 g/mol. The molecule has 84 valence electrons. The molecule has 2 aromatic rings. The van der Waals surface area contributed by atoms with Gasteiger partial charge in [-0.25, -0.2) is 4.98 Å². The van der Waals surface area contributed by atoms with Crippen molar-refractivity contribution in [1.29, 1.82) is 0 Å². The topological polar surface area (TPSA) is 57.0 Å². The van der Waals surface area contributed by atoms with Crippen molar-refractivity contribution < 1.29 is 9.53 Å². The lowest BCUT2D eigenvalue weighted by molar-refractivity contribution is -0.143. The Balaban J connectivity index is 2.32. The first-order chi connectivity index (χ1) is 7.72. The molecule has 0 aliphatic carbocycles. The van der Waals surface area contributed by atoms with E-state index in [2.05, 4.69) is 26.0 Å². The number of esters is 1.